The Morgan fingerprint density at radius 2 is 2.31 bits per heavy atom. The van der Waals surface area contributed by atoms with Crippen LogP contribution in [0.15, 0.2) is 11.6 Å². The van der Waals surface area contributed by atoms with Crippen molar-refractivity contribution in [3.63, 3.8) is 0 Å². The number of hydrogen-bond acceptors (Lipinski definition) is 1. The van der Waals surface area contributed by atoms with Crippen molar-refractivity contribution in [2.45, 2.75) is 33.1 Å². The Morgan fingerprint density at radius 1 is 1.69 bits per heavy atom. The van der Waals surface area contributed by atoms with Gasteiger partial charge in [-0.1, -0.05) is 11.6 Å². The molecule has 72 valence electrons. The minimum Gasteiger partial charge on any atom is -0.481 e. The summed E-state index contributed by atoms with van der Waals surface area (Å²) in [5.74, 6) is 1.21. The van der Waals surface area contributed by atoms with E-state index in [9.17, 15) is 4.79 Å². The molecule has 0 radical (unpaired) electrons. The van der Waals surface area contributed by atoms with Gasteiger partial charge >= 0.3 is 5.97 Å². The van der Waals surface area contributed by atoms with Crippen LogP contribution in [-0.2, 0) is 4.79 Å². The van der Waals surface area contributed by atoms with Crippen LogP contribution in [0.5, 0.6) is 0 Å². The van der Waals surface area contributed by atoms with E-state index in [2.05, 4.69) is 5.92 Å². The van der Waals surface area contributed by atoms with E-state index in [-0.39, 0.29) is 5.92 Å². The largest absolute Gasteiger partial charge is 0.481 e. The molecule has 0 aromatic carbocycles. The molecule has 0 aliphatic heterocycles. The quantitative estimate of drug-likeness (QED) is 0.521. The molecule has 0 heterocycles. The van der Waals surface area contributed by atoms with Crippen molar-refractivity contribution in [3.05, 3.63) is 11.6 Å². The molecule has 1 N–H and O–H groups in total. The van der Waals surface area contributed by atoms with E-state index in [1.54, 1.807) is 0 Å². The molecule has 0 aromatic heterocycles. The van der Waals surface area contributed by atoms with Crippen molar-refractivity contribution < 1.29 is 9.90 Å². The minimum atomic E-state index is -0.790. The van der Waals surface area contributed by atoms with Gasteiger partial charge in [0.2, 0.25) is 0 Å². The predicted molar refractivity (Wildman–Crippen MR) is 53.2 cm³/mol. The fraction of sp³-hybridized carbons (Fsp3) is 0.545. The number of allylic oxidation sites excluding steroid dienone is 2. The molecule has 13 heavy (non-hydrogen) atoms. The van der Waals surface area contributed by atoms with Gasteiger partial charge in [0.25, 0.3) is 0 Å². The van der Waals surface area contributed by atoms with E-state index in [1.165, 1.54) is 5.57 Å². The molecule has 1 atom stereocenters. The van der Waals surface area contributed by atoms with E-state index >= 15 is 0 Å². The molecule has 0 amide bonds. The van der Waals surface area contributed by atoms with Crippen molar-refractivity contribution in [1.82, 2.24) is 0 Å². The number of carboxylic acids is 1. The van der Waals surface area contributed by atoms with Crippen LogP contribution < -0.4 is 0 Å². The van der Waals surface area contributed by atoms with Gasteiger partial charge < -0.3 is 5.11 Å². The van der Waals surface area contributed by atoms with Gasteiger partial charge in [0.1, 0.15) is 0 Å². The van der Waals surface area contributed by atoms with E-state index in [0.717, 1.165) is 6.42 Å². The Morgan fingerprint density at radius 3 is 2.69 bits per heavy atom. The van der Waals surface area contributed by atoms with E-state index in [4.69, 9.17) is 11.5 Å². The third-order valence-corrected chi connectivity index (χ3v) is 2.09. The predicted octanol–water partition coefficient (Wildman–Crippen LogP) is 2.46. The number of hydrogen-bond donors (Lipinski definition) is 1. The van der Waals surface area contributed by atoms with Crippen LogP contribution in [0.1, 0.15) is 33.1 Å². The second-order valence-electron chi connectivity index (χ2n) is 3.12. The van der Waals surface area contributed by atoms with Crippen LogP contribution in [0.2, 0.25) is 0 Å². The summed E-state index contributed by atoms with van der Waals surface area (Å²) < 4.78 is 0. The first kappa shape index (κ1) is 11.8. The summed E-state index contributed by atoms with van der Waals surface area (Å²) >= 11 is 0. The molecular formula is C11H16O2. The highest BCUT2D eigenvalue weighted by Gasteiger charge is 2.15. The van der Waals surface area contributed by atoms with Gasteiger partial charge in [-0.2, -0.15) is 0 Å². The Hall–Kier alpha value is -1.23. The minimum absolute atomic E-state index is 0.326. The van der Waals surface area contributed by atoms with Gasteiger partial charge in [-0.05, 0) is 26.7 Å². The highest BCUT2D eigenvalue weighted by Crippen LogP contribution is 2.14. The van der Waals surface area contributed by atoms with Crippen molar-refractivity contribution >= 4 is 5.97 Å². The number of terminal acetylenes is 1. The summed E-state index contributed by atoms with van der Waals surface area (Å²) in [6.07, 6.45) is 8.85. The molecule has 0 aliphatic carbocycles. The third kappa shape index (κ3) is 5.08. The maximum absolute atomic E-state index is 10.7. The van der Waals surface area contributed by atoms with Crippen molar-refractivity contribution in [1.29, 1.82) is 0 Å². The van der Waals surface area contributed by atoms with Crippen LogP contribution in [0.4, 0.5) is 0 Å². The molecule has 0 spiro atoms. The smallest absolute Gasteiger partial charge is 0.307 e. The summed E-state index contributed by atoms with van der Waals surface area (Å²) in [5, 5.41) is 8.77. The van der Waals surface area contributed by atoms with Crippen LogP contribution in [0, 0.1) is 18.3 Å². The summed E-state index contributed by atoms with van der Waals surface area (Å²) in [5.41, 5.74) is 1.21. The standard InChI is InChI=1S/C11H16O2/c1-4-6-10(11(12)13)8-7-9(3)5-2/h1,5,10H,6-8H2,2-3H3,(H,12,13)/b9-5+. The van der Waals surface area contributed by atoms with Gasteiger partial charge in [0.05, 0.1) is 5.92 Å². The lowest BCUT2D eigenvalue weighted by molar-refractivity contribution is -0.141. The van der Waals surface area contributed by atoms with E-state index < -0.39 is 5.97 Å². The highest BCUT2D eigenvalue weighted by molar-refractivity contribution is 5.70. The SMILES string of the molecule is C#CCC(CC/C(C)=C/C)C(=O)O. The zero-order valence-corrected chi connectivity index (χ0v) is 8.21. The number of aliphatic carboxylic acids is 1. The Kier molecular flexibility index (Phi) is 5.71. The maximum atomic E-state index is 10.7. The lowest BCUT2D eigenvalue weighted by Crippen LogP contribution is -2.12. The first-order chi connectivity index (χ1) is 6.11. The molecule has 0 aromatic rings. The number of carbonyl (C=O) groups is 1. The molecular weight excluding hydrogens is 164 g/mol. The lowest BCUT2D eigenvalue weighted by atomic mass is 9.97. The fourth-order valence-electron chi connectivity index (χ4n) is 1.00. The number of carboxylic acid groups (broad SMARTS) is 1. The summed E-state index contributed by atoms with van der Waals surface area (Å²) in [6, 6.07) is 0. The first-order valence-corrected chi connectivity index (χ1v) is 4.39. The van der Waals surface area contributed by atoms with Crippen molar-refractivity contribution in [3.8, 4) is 12.3 Å². The maximum Gasteiger partial charge on any atom is 0.307 e. The van der Waals surface area contributed by atoms with Gasteiger partial charge in [-0.15, -0.1) is 12.3 Å². The Bertz CT molecular complexity index is 233. The van der Waals surface area contributed by atoms with Gasteiger partial charge in [-0.25, -0.2) is 0 Å². The van der Waals surface area contributed by atoms with Crippen LogP contribution in [0.25, 0.3) is 0 Å². The average molecular weight is 180 g/mol. The monoisotopic (exact) mass is 180 g/mol. The van der Waals surface area contributed by atoms with E-state index in [1.807, 2.05) is 19.9 Å². The number of rotatable bonds is 5. The Balaban J connectivity index is 3.98. The second kappa shape index (κ2) is 6.30. The van der Waals surface area contributed by atoms with E-state index in [0.29, 0.717) is 12.8 Å². The van der Waals surface area contributed by atoms with Gasteiger partial charge in [0, 0.05) is 6.42 Å². The second-order valence-corrected chi connectivity index (χ2v) is 3.12. The fourth-order valence-corrected chi connectivity index (χ4v) is 1.00. The molecule has 2 heteroatoms. The van der Waals surface area contributed by atoms with Crippen LogP contribution in [0.3, 0.4) is 0 Å². The lowest BCUT2D eigenvalue weighted by Gasteiger charge is -2.08. The van der Waals surface area contributed by atoms with Crippen molar-refractivity contribution in [2.24, 2.45) is 5.92 Å². The first-order valence-electron chi connectivity index (χ1n) is 4.39. The third-order valence-electron chi connectivity index (χ3n) is 2.09. The molecule has 0 aliphatic rings. The molecule has 0 saturated carbocycles. The molecule has 0 bridgehead atoms. The van der Waals surface area contributed by atoms with Crippen LogP contribution in [-0.4, -0.2) is 11.1 Å². The summed E-state index contributed by atoms with van der Waals surface area (Å²) in [7, 11) is 0. The average Bonchev–Trinajstić information content (AvgIpc) is 2.11. The zero-order valence-electron chi connectivity index (χ0n) is 8.21. The zero-order chi connectivity index (χ0) is 10.3. The summed E-state index contributed by atoms with van der Waals surface area (Å²) in [4.78, 5) is 10.7. The normalized spacial score (nSPS) is 13.5. The molecule has 0 fully saturated rings. The van der Waals surface area contributed by atoms with Gasteiger partial charge in [0.15, 0.2) is 0 Å². The molecule has 1 unspecified atom stereocenters. The summed E-state index contributed by atoms with van der Waals surface area (Å²) in [6.45, 7) is 3.95. The van der Waals surface area contributed by atoms with Gasteiger partial charge in [-0.3, -0.25) is 4.79 Å². The highest BCUT2D eigenvalue weighted by atomic mass is 16.4. The Labute approximate surface area is 79.7 Å². The topological polar surface area (TPSA) is 37.3 Å². The molecule has 2 nitrogen and oxygen atoms in total. The molecule has 0 rings (SSSR count). The van der Waals surface area contributed by atoms with Crippen molar-refractivity contribution in [2.75, 3.05) is 0 Å². The molecule has 0 saturated heterocycles. The van der Waals surface area contributed by atoms with Crippen LogP contribution >= 0.6 is 0 Å².